The van der Waals surface area contributed by atoms with E-state index >= 15 is 0 Å². The number of carbonyl (C=O) groups is 1. The molecule has 0 aliphatic rings. The summed E-state index contributed by atoms with van der Waals surface area (Å²) in [6.45, 7) is 2.19. The fourth-order valence-electron chi connectivity index (χ4n) is 1.69. The van der Waals surface area contributed by atoms with Crippen LogP contribution in [0.1, 0.15) is 58.3 Å². The van der Waals surface area contributed by atoms with Crippen molar-refractivity contribution < 1.29 is 15.0 Å². The molecule has 0 saturated carbocycles. The lowest BCUT2D eigenvalue weighted by Gasteiger charge is -2.05. The largest absolute Gasteiger partial charge is 0.479 e. The van der Waals surface area contributed by atoms with Crippen LogP contribution in [-0.4, -0.2) is 33.8 Å². The predicted molar refractivity (Wildman–Crippen MR) is 73.6 cm³/mol. The summed E-state index contributed by atoms with van der Waals surface area (Å²) in [5.74, 6) is 1.39. The molecule has 102 valence electrons. The van der Waals surface area contributed by atoms with Gasteiger partial charge in [0.1, 0.15) is 0 Å². The summed E-state index contributed by atoms with van der Waals surface area (Å²) in [4.78, 5) is 10.3. The molecule has 0 bridgehead atoms. The molecule has 0 amide bonds. The minimum Gasteiger partial charge on any atom is -0.479 e. The van der Waals surface area contributed by atoms with Crippen LogP contribution < -0.4 is 0 Å². The average Bonchev–Trinajstić information content (AvgIpc) is 2.31. The third kappa shape index (κ3) is 12.0. The number of hydrogen-bond donors (Lipinski definition) is 2. The lowest BCUT2D eigenvalue weighted by molar-refractivity contribution is -0.146. The lowest BCUT2D eigenvalue weighted by Crippen LogP contribution is -2.18. The molecule has 0 fully saturated rings. The Kier molecular flexibility index (Phi) is 12.1. The van der Waals surface area contributed by atoms with Gasteiger partial charge in [-0.3, -0.25) is 0 Å². The molecular weight excluding hydrogens is 236 g/mol. The maximum atomic E-state index is 10.3. The predicted octanol–water partition coefficient (Wildman–Crippen LogP) is 3.31. The molecule has 0 saturated heterocycles. The standard InChI is InChI=1S/C13H26O3S/c1-2-17-11-9-7-5-3-4-6-8-10-12(14)13(15)16/h12,14H,2-11H2,1H3,(H,15,16)/t12-/m1/s1. The van der Waals surface area contributed by atoms with Crippen LogP contribution in [0.2, 0.25) is 0 Å². The van der Waals surface area contributed by atoms with E-state index in [2.05, 4.69) is 6.92 Å². The Labute approximate surface area is 109 Å². The molecule has 0 aromatic carbocycles. The average molecular weight is 262 g/mol. The first-order valence-electron chi connectivity index (χ1n) is 6.67. The van der Waals surface area contributed by atoms with Gasteiger partial charge >= 0.3 is 5.97 Å². The molecule has 17 heavy (non-hydrogen) atoms. The molecule has 2 N–H and O–H groups in total. The van der Waals surface area contributed by atoms with Crippen molar-refractivity contribution in [3.63, 3.8) is 0 Å². The quantitative estimate of drug-likeness (QED) is 0.530. The second-order valence-electron chi connectivity index (χ2n) is 4.31. The van der Waals surface area contributed by atoms with E-state index in [1.807, 2.05) is 11.8 Å². The summed E-state index contributed by atoms with van der Waals surface area (Å²) in [6, 6.07) is 0. The second-order valence-corrected chi connectivity index (χ2v) is 5.71. The van der Waals surface area contributed by atoms with E-state index in [1.165, 1.54) is 37.2 Å². The molecule has 0 heterocycles. The molecule has 4 heteroatoms. The van der Waals surface area contributed by atoms with E-state index in [1.54, 1.807) is 0 Å². The molecule has 0 radical (unpaired) electrons. The van der Waals surface area contributed by atoms with Gasteiger partial charge in [-0.1, -0.05) is 45.4 Å². The van der Waals surface area contributed by atoms with Gasteiger partial charge in [0.25, 0.3) is 0 Å². The summed E-state index contributed by atoms with van der Waals surface area (Å²) >= 11 is 2.00. The third-order valence-corrected chi connectivity index (χ3v) is 3.74. The Balaban J connectivity index is 3.06. The number of rotatable bonds is 12. The Bertz CT molecular complexity index is 186. The number of unbranched alkanes of at least 4 members (excludes halogenated alkanes) is 6. The van der Waals surface area contributed by atoms with Crippen molar-refractivity contribution in [2.75, 3.05) is 11.5 Å². The van der Waals surface area contributed by atoms with Crippen LogP contribution >= 0.6 is 11.8 Å². The number of aliphatic hydroxyl groups is 1. The normalized spacial score (nSPS) is 12.6. The number of aliphatic hydroxyl groups excluding tert-OH is 1. The van der Waals surface area contributed by atoms with E-state index in [-0.39, 0.29) is 0 Å². The highest BCUT2D eigenvalue weighted by molar-refractivity contribution is 7.99. The highest BCUT2D eigenvalue weighted by Gasteiger charge is 2.11. The maximum absolute atomic E-state index is 10.3. The van der Waals surface area contributed by atoms with E-state index < -0.39 is 12.1 Å². The Morgan fingerprint density at radius 3 is 2.12 bits per heavy atom. The van der Waals surface area contributed by atoms with Gasteiger partial charge in [-0.15, -0.1) is 0 Å². The van der Waals surface area contributed by atoms with Crippen LogP contribution in [0.5, 0.6) is 0 Å². The summed E-state index contributed by atoms with van der Waals surface area (Å²) in [5, 5.41) is 17.5. The minimum absolute atomic E-state index is 0.391. The highest BCUT2D eigenvalue weighted by Crippen LogP contribution is 2.11. The van der Waals surface area contributed by atoms with Crippen LogP contribution in [0.25, 0.3) is 0 Å². The number of thioether (sulfide) groups is 1. The van der Waals surface area contributed by atoms with Crippen molar-refractivity contribution in [1.82, 2.24) is 0 Å². The van der Waals surface area contributed by atoms with Crippen molar-refractivity contribution in [2.45, 2.75) is 64.4 Å². The first-order chi connectivity index (χ1) is 8.18. The number of aliphatic carboxylic acids is 1. The van der Waals surface area contributed by atoms with Crippen LogP contribution in [0.4, 0.5) is 0 Å². The lowest BCUT2D eigenvalue weighted by atomic mass is 10.1. The zero-order valence-corrected chi connectivity index (χ0v) is 11.7. The molecule has 0 aromatic rings. The van der Waals surface area contributed by atoms with Gasteiger partial charge in [0.05, 0.1) is 0 Å². The summed E-state index contributed by atoms with van der Waals surface area (Å²) in [5.41, 5.74) is 0. The van der Waals surface area contributed by atoms with Gasteiger partial charge in [0.2, 0.25) is 0 Å². The van der Waals surface area contributed by atoms with E-state index in [4.69, 9.17) is 10.2 Å². The van der Waals surface area contributed by atoms with Crippen molar-refractivity contribution in [3.05, 3.63) is 0 Å². The zero-order valence-electron chi connectivity index (χ0n) is 10.9. The van der Waals surface area contributed by atoms with Crippen molar-refractivity contribution in [3.8, 4) is 0 Å². The smallest absolute Gasteiger partial charge is 0.332 e. The van der Waals surface area contributed by atoms with Crippen LogP contribution in [0.15, 0.2) is 0 Å². The number of hydrogen-bond acceptors (Lipinski definition) is 3. The monoisotopic (exact) mass is 262 g/mol. The van der Waals surface area contributed by atoms with Gasteiger partial charge in [0.15, 0.2) is 6.10 Å². The van der Waals surface area contributed by atoms with Crippen molar-refractivity contribution in [2.24, 2.45) is 0 Å². The fraction of sp³-hybridized carbons (Fsp3) is 0.923. The van der Waals surface area contributed by atoms with Crippen LogP contribution in [-0.2, 0) is 4.79 Å². The molecule has 0 spiro atoms. The highest BCUT2D eigenvalue weighted by atomic mass is 32.2. The molecular formula is C13H26O3S. The summed E-state index contributed by atoms with van der Waals surface area (Å²) in [7, 11) is 0. The SMILES string of the molecule is CCSCCCCCCCCC[C@@H](O)C(=O)O. The fourth-order valence-corrected chi connectivity index (χ4v) is 2.39. The Morgan fingerprint density at radius 1 is 1.06 bits per heavy atom. The molecule has 1 atom stereocenters. The molecule has 0 aliphatic heterocycles. The zero-order chi connectivity index (χ0) is 12.9. The molecule has 3 nitrogen and oxygen atoms in total. The molecule has 0 unspecified atom stereocenters. The van der Waals surface area contributed by atoms with Crippen LogP contribution in [0, 0.1) is 0 Å². The van der Waals surface area contributed by atoms with E-state index in [9.17, 15) is 4.79 Å². The van der Waals surface area contributed by atoms with Gasteiger partial charge in [-0.05, 0) is 24.3 Å². The molecule has 0 rings (SSSR count). The Hall–Kier alpha value is -0.220. The summed E-state index contributed by atoms with van der Waals surface area (Å²) < 4.78 is 0. The summed E-state index contributed by atoms with van der Waals surface area (Å²) in [6.07, 6.45) is 7.39. The van der Waals surface area contributed by atoms with Crippen molar-refractivity contribution >= 4 is 17.7 Å². The first-order valence-corrected chi connectivity index (χ1v) is 7.82. The maximum Gasteiger partial charge on any atom is 0.332 e. The second kappa shape index (κ2) is 12.2. The molecule has 0 aliphatic carbocycles. The minimum atomic E-state index is -1.17. The van der Waals surface area contributed by atoms with Crippen molar-refractivity contribution in [1.29, 1.82) is 0 Å². The van der Waals surface area contributed by atoms with Gasteiger partial charge in [-0.2, -0.15) is 11.8 Å². The Morgan fingerprint density at radius 2 is 1.59 bits per heavy atom. The first kappa shape index (κ1) is 16.8. The van der Waals surface area contributed by atoms with E-state index in [0.717, 1.165) is 19.3 Å². The van der Waals surface area contributed by atoms with Crippen LogP contribution in [0.3, 0.4) is 0 Å². The van der Waals surface area contributed by atoms with E-state index in [0.29, 0.717) is 6.42 Å². The third-order valence-electron chi connectivity index (χ3n) is 2.76. The number of carboxylic acids is 1. The van der Waals surface area contributed by atoms with Gasteiger partial charge in [0, 0.05) is 0 Å². The van der Waals surface area contributed by atoms with Gasteiger partial charge < -0.3 is 10.2 Å². The van der Waals surface area contributed by atoms with Gasteiger partial charge in [-0.25, -0.2) is 4.79 Å². The number of carboxylic acid groups (broad SMARTS) is 1. The molecule has 0 aromatic heterocycles. The topological polar surface area (TPSA) is 57.5 Å².